The van der Waals surface area contributed by atoms with Gasteiger partial charge in [0, 0.05) is 57.6 Å². The summed E-state index contributed by atoms with van der Waals surface area (Å²) in [5, 5.41) is 7.93. The van der Waals surface area contributed by atoms with Crippen LogP contribution in [0.15, 0.2) is 54.0 Å². The van der Waals surface area contributed by atoms with Gasteiger partial charge in [0.05, 0.1) is 52.2 Å². The fourth-order valence-electron chi connectivity index (χ4n) is 6.05. The Bertz CT molecular complexity index is 1980. The molecule has 0 bridgehead atoms. The predicted octanol–water partition coefficient (Wildman–Crippen LogP) is 4.51. The number of anilines is 1. The van der Waals surface area contributed by atoms with Crippen LogP contribution in [0.2, 0.25) is 0 Å². The van der Waals surface area contributed by atoms with Crippen molar-refractivity contribution in [3.63, 3.8) is 0 Å². The fourth-order valence-corrected chi connectivity index (χ4v) is 6.05. The number of aryl methyl sites for hydroxylation is 4. The van der Waals surface area contributed by atoms with Crippen LogP contribution in [0.1, 0.15) is 25.7 Å². The smallest absolute Gasteiger partial charge is 0.328 e. The maximum absolute atomic E-state index is 15.7. The van der Waals surface area contributed by atoms with E-state index in [2.05, 4.69) is 15.4 Å². The van der Waals surface area contributed by atoms with Gasteiger partial charge in [0.15, 0.2) is 5.82 Å². The summed E-state index contributed by atoms with van der Waals surface area (Å²) in [7, 11) is 7.29. The number of fused-ring (bicyclic) bond motifs is 2. The lowest BCUT2D eigenvalue weighted by molar-refractivity contribution is 0.632. The first kappa shape index (κ1) is 24.4. The minimum atomic E-state index is -0.365. The van der Waals surface area contributed by atoms with Gasteiger partial charge in [-0.05, 0) is 31.0 Å². The molecule has 204 valence electrons. The molecule has 1 N–H and O–H groups in total. The molecule has 1 saturated carbocycles. The number of benzene rings is 2. The molecule has 4 heterocycles. The van der Waals surface area contributed by atoms with Crippen LogP contribution in [0.5, 0.6) is 0 Å². The zero-order valence-corrected chi connectivity index (χ0v) is 22.9. The van der Waals surface area contributed by atoms with E-state index in [-0.39, 0.29) is 11.5 Å². The number of hydrogen-bond acceptors (Lipinski definition) is 5. The van der Waals surface area contributed by atoms with Gasteiger partial charge in [0.2, 0.25) is 0 Å². The fraction of sp³-hybridized carbons (Fsp3) is 0.310. The van der Waals surface area contributed by atoms with Gasteiger partial charge in [-0.25, -0.2) is 19.2 Å². The summed E-state index contributed by atoms with van der Waals surface area (Å²) < 4.78 is 24.5. The second-order valence-corrected chi connectivity index (χ2v) is 10.8. The number of nitrogens with zero attached hydrogens (tertiary/aromatic N) is 8. The van der Waals surface area contributed by atoms with E-state index in [1.807, 2.05) is 28.3 Å². The molecule has 1 aliphatic carbocycles. The number of hydrogen-bond donors (Lipinski definition) is 1. The molecular formula is C29H30FN9O. The monoisotopic (exact) mass is 539 g/mol. The van der Waals surface area contributed by atoms with Crippen molar-refractivity contribution in [2.24, 2.45) is 28.2 Å². The third kappa shape index (κ3) is 3.68. The predicted molar refractivity (Wildman–Crippen MR) is 153 cm³/mol. The van der Waals surface area contributed by atoms with Crippen LogP contribution in [-0.2, 0) is 28.2 Å². The van der Waals surface area contributed by atoms with Crippen molar-refractivity contribution in [1.82, 2.24) is 38.0 Å². The summed E-state index contributed by atoms with van der Waals surface area (Å²) in [6.07, 6.45) is 11.4. The normalized spacial score (nSPS) is 14.2. The first-order valence-corrected chi connectivity index (χ1v) is 13.4. The van der Waals surface area contributed by atoms with Crippen molar-refractivity contribution in [2.45, 2.75) is 31.7 Å². The summed E-state index contributed by atoms with van der Waals surface area (Å²) in [5.41, 5.74) is 6.36. The molecule has 10 nitrogen and oxygen atoms in total. The van der Waals surface area contributed by atoms with E-state index in [0.717, 1.165) is 40.9 Å². The summed E-state index contributed by atoms with van der Waals surface area (Å²) in [6.45, 7) is 0. The Morgan fingerprint density at radius 3 is 2.48 bits per heavy atom. The molecule has 0 radical (unpaired) electrons. The summed E-state index contributed by atoms with van der Waals surface area (Å²) in [4.78, 5) is 22.3. The molecule has 0 atom stereocenters. The van der Waals surface area contributed by atoms with Crippen molar-refractivity contribution in [2.75, 3.05) is 5.32 Å². The van der Waals surface area contributed by atoms with Crippen molar-refractivity contribution in [1.29, 1.82) is 0 Å². The second kappa shape index (κ2) is 8.94. The first-order valence-electron chi connectivity index (χ1n) is 13.4. The van der Waals surface area contributed by atoms with Crippen molar-refractivity contribution < 1.29 is 4.39 Å². The molecule has 7 rings (SSSR count). The van der Waals surface area contributed by atoms with Gasteiger partial charge in [-0.15, -0.1) is 0 Å². The third-order valence-electron chi connectivity index (χ3n) is 8.12. The van der Waals surface area contributed by atoms with Crippen molar-refractivity contribution in [3.8, 4) is 28.3 Å². The lowest BCUT2D eigenvalue weighted by atomic mass is 10.1. The lowest BCUT2D eigenvalue weighted by Gasteiger charge is -2.18. The van der Waals surface area contributed by atoms with E-state index in [1.165, 1.54) is 18.9 Å². The Labute approximate surface area is 229 Å². The molecule has 1 aliphatic rings. The standard InChI is InChI=1S/C29H30FN9O/c1-35-16-31-14-26(35)28-34-22-11-20(17-13-32-36(2)15-17)21(30)12-24(22)39(28)19-9-23(33-18-7-5-6-8-18)27-25(10-19)37(3)29(40)38(27)4/h9-16,18,33H,5-8H2,1-4H3. The molecule has 0 saturated heterocycles. The Kier molecular flexibility index (Phi) is 5.45. The summed E-state index contributed by atoms with van der Waals surface area (Å²) >= 11 is 0. The summed E-state index contributed by atoms with van der Waals surface area (Å²) in [6, 6.07) is 7.66. The number of aromatic nitrogens is 8. The van der Waals surface area contributed by atoms with Crippen molar-refractivity contribution in [3.05, 3.63) is 65.5 Å². The van der Waals surface area contributed by atoms with Crippen LogP contribution in [0.25, 0.3) is 50.4 Å². The number of rotatable bonds is 5. The highest BCUT2D eigenvalue weighted by Gasteiger charge is 2.24. The third-order valence-corrected chi connectivity index (χ3v) is 8.12. The van der Waals surface area contributed by atoms with Gasteiger partial charge in [0.1, 0.15) is 11.5 Å². The van der Waals surface area contributed by atoms with Crippen LogP contribution in [0.3, 0.4) is 0 Å². The minimum Gasteiger partial charge on any atom is -0.381 e. The van der Waals surface area contributed by atoms with E-state index >= 15 is 4.39 Å². The quantitative estimate of drug-likeness (QED) is 0.348. The topological polar surface area (TPSA) is 92.4 Å². The molecule has 6 aromatic rings. The van der Waals surface area contributed by atoms with Gasteiger partial charge in [0.25, 0.3) is 0 Å². The molecule has 2 aromatic carbocycles. The Hall–Kier alpha value is -4.67. The van der Waals surface area contributed by atoms with Gasteiger partial charge in [-0.1, -0.05) is 12.8 Å². The Morgan fingerprint density at radius 1 is 0.975 bits per heavy atom. The van der Waals surface area contributed by atoms with Crippen LogP contribution in [0.4, 0.5) is 10.1 Å². The number of halogens is 1. The highest BCUT2D eigenvalue weighted by Crippen LogP contribution is 2.36. The molecule has 40 heavy (non-hydrogen) atoms. The van der Waals surface area contributed by atoms with Crippen LogP contribution >= 0.6 is 0 Å². The molecule has 0 aliphatic heterocycles. The molecule has 0 spiro atoms. The maximum Gasteiger partial charge on any atom is 0.328 e. The van der Waals surface area contributed by atoms with Gasteiger partial charge in [-0.2, -0.15) is 5.10 Å². The lowest BCUT2D eigenvalue weighted by Crippen LogP contribution is -2.20. The van der Waals surface area contributed by atoms with E-state index in [4.69, 9.17) is 4.98 Å². The Balaban J connectivity index is 1.52. The van der Waals surface area contributed by atoms with Gasteiger partial charge in [-0.3, -0.25) is 18.4 Å². The van der Waals surface area contributed by atoms with Crippen molar-refractivity contribution >= 4 is 27.8 Å². The zero-order valence-electron chi connectivity index (χ0n) is 22.9. The molecule has 0 unspecified atom stereocenters. The van der Waals surface area contributed by atoms with E-state index < -0.39 is 0 Å². The van der Waals surface area contributed by atoms with Gasteiger partial charge >= 0.3 is 5.69 Å². The van der Waals surface area contributed by atoms with Crippen LogP contribution in [-0.4, -0.2) is 44.1 Å². The molecular weight excluding hydrogens is 509 g/mol. The molecule has 0 amide bonds. The largest absolute Gasteiger partial charge is 0.381 e. The Morgan fingerprint density at radius 2 is 1.77 bits per heavy atom. The van der Waals surface area contributed by atoms with Crippen LogP contribution < -0.4 is 11.0 Å². The number of nitrogens with one attached hydrogen (secondary N) is 1. The van der Waals surface area contributed by atoms with Crippen LogP contribution in [0, 0.1) is 5.82 Å². The highest BCUT2D eigenvalue weighted by molar-refractivity contribution is 5.94. The van der Waals surface area contributed by atoms with E-state index in [9.17, 15) is 4.79 Å². The SMILES string of the molecule is Cn1cc(-c2cc3nc(-c4cncn4C)n(-c4cc(NC5CCCC5)c5c(c4)n(C)c(=O)n5C)c3cc2F)cn1. The van der Waals surface area contributed by atoms with Gasteiger partial charge < -0.3 is 9.88 Å². The second-order valence-electron chi connectivity index (χ2n) is 10.8. The highest BCUT2D eigenvalue weighted by atomic mass is 19.1. The average molecular weight is 540 g/mol. The van der Waals surface area contributed by atoms with E-state index in [1.54, 1.807) is 65.9 Å². The molecule has 4 aromatic heterocycles. The maximum atomic E-state index is 15.7. The average Bonchev–Trinajstić information content (AvgIpc) is 3.76. The zero-order chi connectivity index (χ0) is 27.7. The summed E-state index contributed by atoms with van der Waals surface area (Å²) in [5.74, 6) is 0.264. The molecule has 1 fully saturated rings. The number of imidazole rings is 3. The molecule has 11 heteroatoms. The minimum absolute atomic E-state index is 0.101. The van der Waals surface area contributed by atoms with E-state index in [0.29, 0.717) is 34.0 Å². The first-order chi connectivity index (χ1) is 19.3.